The summed E-state index contributed by atoms with van der Waals surface area (Å²) in [5, 5.41) is 4.81. The van der Waals surface area contributed by atoms with Crippen molar-refractivity contribution in [2.45, 2.75) is 26.5 Å². The highest BCUT2D eigenvalue weighted by Crippen LogP contribution is 2.31. The summed E-state index contributed by atoms with van der Waals surface area (Å²) in [5.74, 6) is 0. The van der Waals surface area contributed by atoms with Crippen molar-refractivity contribution in [3.63, 3.8) is 0 Å². The van der Waals surface area contributed by atoms with Gasteiger partial charge in [0.05, 0.1) is 19.8 Å². The Balaban J connectivity index is 2.11. The third-order valence-electron chi connectivity index (χ3n) is 3.17. The molecule has 1 aromatic carbocycles. The molecule has 1 aromatic heterocycles. The van der Waals surface area contributed by atoms with E-state index < -0.39 is 0 Å². The molecule has 0 fully saturated rings. The molecule has 110 valence electrons. The maximum atomic E-state index is 5.73. The number of benzene rings is 1. The highest BCUT2D eigenvalue weighted by Gasteiger charge is 2.11. The predicted octanol–water partition coefficient (Wildman–Crippen LogP) is 3.56. The number of rotatable bonds is 9. The molecule has 4 heteroatoms. The smallest absolute Gasteiger partial charge is 0.0735 e. The fraction of sp³-hybridized carbons (Fsp3) is 0.500. The topological polar surface area (TPSA) is 30.5 Å². The van der Waals surface area contributed by atoms with E-state index in [1.54, 1.807) is 7.11 Å². The van der Waals surface area contributed by atoms with Gasteiger partial charge < -0.3 is 14.8 Å². The van der Waals surface area contributed by atoms with Crippen LogP contribution in [0.5, 0.6) is 0 Å². The molecule has 3 nitrogen and oxygen atoms in total. The Hall–Kier alpha value is -0.940. The van der Waals surface area contributed by atoms with Crippen LogP contribution in [0.4, 0.5) is 0 Å². The Labute approximate surface area is 124 Å². The summed E-state index contributed by atoms with van der Waals surface area (Å²) in [6.45, 7) is 6.12. The van der Waals surface area contributed by atoms with E-state index in [-0.39, 0.29) is 0 Å². The van der Waals surface area contributed by atoms with Crippen LogP contribution in [-0.2, 0) is 22.6 Å². The maximum absolute atomic E-state index is 5.73. The maximum Gasteiger partial charge on any atom is 0.0735 e. The number of methoxy groups -OCH3 is 1. The first-order chi connectivity index (χ1) is 9.86. The van der Waals surface area contributed by atoms with Gasteiger partial charge in [0, 0.05) is 28.8 Å². The number of fused-ring (bicyclic) bond motifs is 1. The first-order valence-electron chi connectivity index (χ1n) is 7.13. The van der Waals surface area contributed by atoms with E-state index in [9.17, 15) is 0 Å². The minimum Gasteiger partial charge on any atom is -0.382 e. The van der Waals surface area contributed by atoms with Gasteiger partial charge in [0.1, 0.15) is 0 Å². The van der Waals surface area contributed by atoms with Gasteiger partial charge in [-0.25, -0.2) is 0 Å². The molecule has 2 rings (SSSR count). The number of nitrogens with one attached hydrogen (secondary N) is 1. The van der Waals surface area contributed by atoms with Gasteiger partial charge in [-0.05, 0) is 24.4 Å². The Morgan fingerprint density at radius 1 is 1.20 bits per heavy atom. The van der Waals surface area contributed by atoms with Crippen molar-refractivity contribution in [3.05, 3.63) is 34.7 Å². The lowest BCUT2D eigenvalue weighted by Gasteiger charge is -2.07. The highest BCUT2D eigenvalue weighted by atomic mass is 32.1. The molecule has 1 N–H and O–H groups in total. The van der Waals surface area contributed by atoms with E-state index in [2.05, 4.69) is 36.5 Å². The summed E-state index contributed by atoms with van der Waals surface area (Å²) < 4.78 is 12.1. The average molecular weight is 293 g/mol. The first kappa shape index (κ1) is 15.4. The zero-order chi connectivity index (χ0) is 14.2. The van der Waals surface area contributed by atoms with Crippen LogP contribution < -0.4 is 5.32 Å². The molecule has 0 spiro atoms. The molecule has 20 heavy (non-hydrogen) atoms. The van der Waals surface area contributed by atoms with Crippen LogP contribution in [0.1, 0.15) is 23.8 Å². The van der Waals surface area contributed by atoms with Crippen molar-refractivity contribution in [1.29, 1.82) is 0 Å². The van der Waals surface area contributed by atoms with Crippen molar-refractivity contribution >= 4 is 21.4 Å². The zero-order valence-electron chi connectivity index (χ0n) is 12.3. The van der Waals surface area contributed by atoms with Crippen LogP contribution in [0, 0.1) is 0 Å². The van der Waals surface area contributed by atoms with Crippen LogP contribution in [0.15, 0.2) is 24.3 Å². The molecule has 0 aliphatic heterocycles. The average Bonchev–Trinajstić information content (AvgIpc) is 2.82. The molecule has 0 radical (unpaired) electrons. The first-order valence-corrected chi connectivity index (χ1v) is 7.95. The van der Waals surface area contributed by atoms with E-state index in [0.717, 1.165) is 19.5 Å². The fourth-order valence-electron chi connectivity index (χ4n) is 2.15. The highest BCUT2D eigenvalue weighted by molar-refractivity contribution is 7.19. The quantitative estimate of drug-likeness (QED) is 0.717. The SMILES string of the molecule is CCCNCc1sc2ccccc2c1COCCOC. The van der Waals surface area contributed by atoms with Crippen molar-refractivity contribution in [3.8, 4) is 0 Å². The van der Waals surface area contributed by atoms with Crippen LogP contribution in [-0.4, -0.2) is 26.9 Å². The monoisotopic (exact) mass is 293 g/mol. The Bertz CT molecular complexity index is 524. The second-order valence-corrected chi connectivity index (χ2v) is 5.86. The number of hydrogen-bond donors (Lipinski definition) is 1. The number of thiophene rings is 1. The Morgan fingerprint density at radius 3 is 2.85 bits per heavy atom. The second-order valence-electron chi connectivity index (χ2n) is 4.72. The molecule has 0 saturated heterocycles. The van der Waals surface area contributed by atoms with E-state index in [1.807, 2.05) is 11.3 Å². The minimum absolute atomic E-state index is 0.641. The van der Waals surface area contributed by atoms with Gasteiger partial charge in [-0.15, -0.1) is 11.3 Å². The normalized spacial score (nSPS) is 11.3. The van der Waals surface area contributed by atoms with E-state index in [1.165, 1.54) is 20.5 Å². The third-order valence-corrected chi connectivity index (χ3v) is 4.39. The molecular formula is C16H23NO2S. The Morgan fingerprint density at radius 2 is 2.05 bits per heavy atom. The van der Waals surface area contributed by atoms with Gasteiger partial charge in [0.15, 0.2) is 0 Å². The van der Waals surface area contributed by atoms with Gasteiger partial charge in [0.25, 0.3) is 0 Å². The van der Waals surface area contributed by atoms with Crippen LogP contribution >= 0.6 is 11.3 Å². The predicted molar refractivity (Wildman–Crippen MR) is 85.4 cm³/mol. The van der Waals surface area contributed by atoms with Crippen LogP contribution in [0.2, 0.25) is 0 Å². The van der Waals surface area contributed by atoms with Gasteiger partial charge >= 0.3 is 0 Å². The molecule has 0 bridgehead atoms. The minimum atomic E-state index is 0.641. The number of ether oxygens (including phenoxy) is 2. The van der Waals surface area contributed by atoms with E-state index in [0.29, 0.717) is 19.8 Å². The lowest BCUT2D eigenvalue weighted by Crippen LogP contribution is -2.14. The van der Waals surface area contributed by atoms with Crippen LogP contribution in [0.3, 0.4) is 0 Å². The van der Waals surface area contributed by atoms with E-state index >= 15 is 0 Å². The molecule has 0 unspecified atom stereocenters. The summed E-state index contributed by atoms with van der Waals surface area (Å²) >= 11 is 1.86. The van der Waals surface area contributed by atoms with Gasteiger partial charge in [-0.2, -0.15) is 0 Å². The van der Waals surface area contributed by atoms with Gasteiger partial charge in [0.2, 0.25) is 0 Å². The largest absolute Gasteiger partial charge is 0.382 e. The molecule has 0 saturated carbocycles. The van der Waals surface area contributed by atoms with E-state index in [4.69, 9.17) is 9.47 Å². The van der Waals surface area contributed by atoms with Crippen molar-refractivity contribution in [2.24, 2.45) is 0 Å². The third kappa shape index (κ3) is 4.03. The standard InChI is InChI=1S/C16H23NO2S/c1-3-8-17-11-16-14(12-19-10-9-18-2)13-6-4-5-7-15(13)20-16/h4-7,17H,3,8-12H2,1-2H3. The Kier molecular flexibility index (Phi) is 6.47. The lowest BCUT2D eigenvalue weighted by atomic mass is 10.1. The second kappa shape index (κ2) is 8.37. The van der Waals surface area contributed by atoms with Crippen molar-refractivity contribution in [2.75, 3.05) is 26.9 Å². The number of hydrogen-bond acceptors (Lipinski definition) is 4. The molecule has 0 aliphatic carbocycles. The van der Waals surface area contributed by atoms with Crippen molar-refractivity contribution in [1.82, 2.24) is 5.32 Å². The summed E-state index contributed by atoms with van der Waals surface area (Å²) in [7, 11) is 1.70. The lowest BCUT2D eigenvalue weighted by molar-refractivity contribution is 0.0620. The zero-order valence-corrected chi connectivity index (χ0v) is 13.1. The summed E-state index contributed by atoms with van der Waals surface area (Å²) in [6, 6.07) is 8.56. The summed E-state index contributed by atoms with van der Waals surface area (Å²) in [5.41, 5.74) is 1.32. The van der Waals surface area contributed by atoms with Gasteiger partial charge in [-0.1, -0.05) is 25.1 Å². The summed E-state index contributed by atoms with van der Waals surface area (Å²) in [4.78, 5) is 1.39. The molecule has 1 heterocycles. The van der Waals surface area contributed by atoms with Crippen molar-refractivity contribution < 1.29 is 9.47 Å². The fourth-order valence-corrected chi connectivity index (χ4v) is 3.33. The molecule has 0 amide bonds. The molecule has 0 aliphatic rings. The summed E-state index contributed by atoms with van der Waals surface area (Å²) in [6.07, 6.45) is 1.16. The molecule has 2 aromatic rings. The molecular weight excluding hydrogens is 270 g/mol. The molecule has 0 atom stereocenters. The van der Waals surface area contributed by atoms with Crippen LogP contribution in [0.25, 0.3) is 10.1 Å². The van der Waals surface area contributed by atoms with Gasteiger partial charge in [-0.3, -0.25) is 0 Å².